The third-order valence-corrected chi connectivity index (χ3v) is 2.68. The number of methoxy groups -OCH3 is 1. The molecule has 110 valence electrons. The first kappa shape index (κ1) is 16.0. The Hall–Kier alpha value is -2.02. The molecule has 2 amide bonds. The van der Waals surface area contributed by atoms with E-state index in [1.165, 1.54) is 14.0 Å². The Labute approximate surface area is 115 Å². The number of nitrogens with two attached hydrogens (primary N) is 1. The van der Waals surface area contributed by atoms with Gasteiger partial charge in [-0.1, -0.05) is 0 Å². The molecule has 5 nitrogen and oxygen atoms in total. The number of rotatable bonds is 6. The second-order valence-electron chi connectivity index (χ2n) is 4.27. The summed E-state index contributed by atoms with van der Waals surface area (Å²) in [6.07, 6.45) is 0. The summed E-state index contributed by atoms with van der Waals surface area (Å²) in [6, 6.07) is 1.75. The highest BCUT2D eigenvalue weighted by molar-refractivity contribution is 5.96. The molecule has 20 heavy (non-hydrogen) atoms. The maximum Gasteiger partial charge on any atom is 0.257 e. The topological polar surface area (TPSA) is 72.6 Å². The van der Waals surface area contributed by atoms with Crippen LogP contribution in [0.2, 0.25) is 0 Å². The number of primary amides is 1. The Morgan fingerprint density at radius 1 is 1.30 bits per heavy atom. The zero-order chi connectivity index (χ0) is 15.3. The smallest absolute Gasteiger partial charge is 0.257 e. The van der Waals surface area contributed by atoms with Crippen molar-refractivity contribution in [3.63, 3.8) is 0 Å². The van der Waals surface area contributed by atoms with Crippen LogP contribution in [0.4, 0.5) is 8.78 Å². The van der Waals surface area contributed by atoms with Gasteiger partial charge in [0.2, 0.25) is 5.91 Å². The van der Waals surface area contributed by atoms with E-state index in [2.05, 4.69) is 0 Å². The fraction of sp³-hybridized carbons (Fsp3) is 0.385. The van der Waals surface area contributed by atoms with Crippen LogP contribution in [0, 0.1) is 18.6 Å². The molecule has 0 fully saturated rings. The van der Waals surface area contributed by atoms with Crippen molar-refractivity contribution >= 4 is 11.8 Å². The number of carbonyl (C=O) groups is 2. The van der Waals surface area contributed by atoms with Crippen LogP contribution < -0.4 is 5.73 Å². The summed E-state index contributed by atoms with van der Waals surface area (Å²) in [5.74, 6) is -3.18. The number of amides is 2. The largest absolute Gasteiger partial charge is 0.383 e. The Bertz CT molecular complexity index is 521. The van der Waals surface area contributed by atoms with Crippen molar-refractivity contribution < 1.29 is 23.1 Å². The zero-order valence-corrected chi connectivity index (χ0v) is 11.3. The van der Waals surface area contributed by atoms with Crippen LogP contribution in [0.15, 0.2) is 12.1 Å². The second-order valence-corrected chi connectivity index (χ2v) is 4.27. The molecule has 0 bridgehead atoms. The Morgan fingerprint density at radius 2 is 1.95 bits per heavy atom. The number of hydrogen-bond acceptors (Lipinski definition) is 3. The average molecular weight is 286 g/mol. The molecule has 2 N–H and O–H groups in total. The van der Waals surface area contributed by atoms with E-state index in [0.29, 0.717) is 6.07 Å². The van der Waals surface area contributed by atoms with Crippen LogP contribution in [0.5, 0.6) is 0 Å². The lowest BCUT2D eigenvalue weighted by Gasteiger charge is -2.21. The lowest BCUT2D eigenvalue weighted by atomic mass is 10.1. The Kier molecular flexibility index (Phi) is 5.57. The molecular weight excluding hydrogens is 270 g/mol. The lowest BCUT2D eigenvalue weighted by molar-refractivity contribution is -0.118. The van der Waals surface area contributed by atoms with E-state index in [0.717, 1.165) is 11.0 Å². The first-order valence-electron chi connectivity index (χ1n) is 5.89. The maximum atomic E-state index is 13.7. The first-order valence-corrected chi connectivity index (χ1v) is 5.89. The van der Waals surface area contributed by atoms with Crippen LogP contribution in [0.1, 0.15) is 15.9 Å². The number of ether oxygens (including phenoxy) is 1. The molecule has 0 radical (unpaired) electrons. The molecule has 1 aromatic carbocycles. The van der Waals surface area contributed by atoms with Crippen LogP contribution in [-0.4, -0.2) is 43.5 Å². The van der Waals surface area contributed by atoms with Crippen molar-refractivity contribution in [2.75, 3.05) is 26.8 Å². The molecule has 0 atom stereocenters. The molecule has 1 rings (SSSR count). The van der Waals surface area contributed by atoms with E-state index in [-0.39, 0.29) is 30.8 Å². The predicted octanol–water partition coefficient (Wildman–Crippen LogP) is 0.847. The van der Waals surface area contributed by atoms with Gasteiger partial charge in [-0.2, -0.15) is 0 Å². The summed E-state index contributed by atoms with van der Waals surface area (Å²) >= 11 is 0. The normalized spacial score (nSPS) is 10.4. The monoisotopic (exact) mass is 286 g/mol. The molecular formula is C13H16F2N2O3. The molecule has 0 aliphatic rings. The van der Waals surface area contributed by atoms with Crippen LogP contribution in [0.3, 0.4) is 0 Å². The van der Waals surface area contributed by atoms with Crippen LogP contribution in [-0.2, 0) is 9.53 Å². The van der Waals surface area contributed by atoms with Gasteiger partial charge in [0.25, 0.3) is 5.91 Å². The number of hydrogen-bond donors (Lipinski definition) is 1. The molecule has 0 unspecified atom stereocenters. The van der Waals surface area contributed by atoms with E-state index >= 15 is 0 Å². The van der Waals surface area contributed by atoms with Crippen molar-refractivity contribution in [3.8, 4) is 0 Å². The van der Waals surface area contributed by atoms with E-state index in [4.69, 9.17) is 10.5 Å². The number of benzene rings is 1. The Balaban J connectivity index is 3.04. The van der Waals surface area contributed by atoms with Crippen molar-refractivity contribution in [2.24, 2.45) is 5.73 Å². The van der Waals surface area contributed by atoms with Gasteiger partial charge in [-0.15, -0.1) is 0 Å². The molecule has 7 heteroatoms. The molecule has 0 aromatic heterocycles. The Morgan fingerprint density at radius 3 is 2.50 bits per heavy atom. The summed E-state index contributed by atoms with van der Waals surface area (Å²) < 4.78 is 31.7. The van der Waals surface area contributed by atoms with Gasteiger partial charge in [0.15, 0.2) is 0 Å². The minimum absolute atomic E-state index is 0.0775. The summed E-state index contributed by atoms with van der Waals surface area (Å²) in [6.45, 7) is 1.30. The van der Waals surface area contributed by atoms with E-state index < -0.39 is 23.4 Å². The van der Waals surface area contributed by atoms with Crippen LogP contribution in [0.25, 0.3) is 0 Å². The summed E-state index contributed by atoms with van der Waals surface area (Å²) in [4.78, 5) is 24.2. The molecule has 0 saturated carbocycles. The molecule has 0 aliphatic carbocycles. The van der Waals surface area contributed by atoms with Gasteiger partial charge in [0.1, 0.15) is 11.6 Å². The maximum absolute atomic E-state index is 13.7. The van der Waals surface area contributed by atoms with Crippen molar-refractivity contribution in [1.82, 2.24) is 4.90 Å². The van der Waals surface area contributed by atoms with Gasteiger partial charge in [-0.05, 0) is 18.6 Å². The summed E-state index contributed by atoms with van der Waals surface area (Å²) in [5.41, 5.74) is 4.88. The minimum Gasteiger partial charge on any atom is -0.383 e. The average Bonchev–Trinajstić information content (AvgIpc) is 2.37. The SMILES string of the molecule is COCCN(CC(N)=O)C(=O)c1cc(C)c(F)cc1F. The van der Waals surface area contributed by atoms with Gasteiger partial charge >= 0.3 is 0 Å². The number of aryl methyl sites for hydroxylation is 1. The van der Waals surface area contributed by atoms with Gasteiger partial charge < -0.3 is 15.4 Å². The molecule has 0 saturated heterocycles. The summed E-state index contributed by atoms with van der Waals surface area (Å²) in [7, 11) is 1.43. The third-order valence-electron chi connectivity index (χ3n) is 2.68. The quantitative estimate of drug-likeness (QED) is 0.842. The van der Waals surface area contributed by atoms with Crippen molar-refractivity contribution in [1.29, 1.82) is 0 Å². The lowest BCUT2D eigenvalue weighted by Crippen LogP contribution is -2.40. The molecule has 0 spiro atoms. The first-order chi connectivity index (χ1) is 9.36. The predicted molar refractivity (Wildman–Crippen MR) is 68.1 cm³/mol. The highest BCUT2D eigenvalue weighted by Gasteiger charge is 2.21. The number of carbonyl (C=O) groups excluding carboxylic acids is 2. The highest BCUT2D eigenvalue weighted by atomic mass is 19.1. The fourth-order valence-electron chi connectivity index (χ4n) is 1.63. The third kappa shape index (κ3) is 3.99. The van der Waals surface area contributed by atoms with E-state index in [9.17, 15) is 18.4 Å². The van der Waals surface area contributed by atoms with Crippen molar-refractivity contribution in [2.45, 2.75) is 6.92 Å². The summed E-state index contributed by atoms with van der Waals surface area (Å²) in [5, 5.41) is 0. The van der Waals surface area contributed by atoms with Crippen LogP contribution >= 0.6 is 0 Å². The molecule has 0 heterocycles. The van der Waals surface area contributed by atoms with Gasteiger partial charge in [0, 0.05) is 19.7 Å². The highest BCUT2D eigenvalue weighted by Crippen LogP contribution is 2.16. The number of nitrogens with zero attached hydrogens (tertiary/aromatic N) is 1. The van der Waals surface area contributed by atoms with E-state index in [1.807, 2.05) is 0 Å². The minimum atomic E-state index is -0.981. The zero-order valence-electron chi connectivity index (χ0n) is 11.3. The van der Waals surface area contributed by atoms with Gasteiger partial charge in [-0.3, -0.25) is 9.59 Å². The van der Waals surface area contributed by atoms with Crippen molar-refractivity contribution in [3.05, 3.63) is 34.9 Å². The second kappa shape index (κ2) is 6.95. The fourth-order valence-corrected chi connectivity index (χ4v) is 1.63. The van der Waals surface area contributed by atoms with E-state index in [1.54, 1.807) is 0 Å². The molecule has 0 aliphatic heterocycles. The van der Waals surface area contributed by atoms with Gasteiger partial charge in [-0.25, -0.2) is 8.78 Å². The standard InChI is InChI=1S/C13H16F2N2O3/c1-8-5-9(11(15)6-10(8)14)13(19)17(3-4-20-2)7-12(16)18/h5-6H,3-4,7H2,1-2H3,(H2,16,18). The molecule has 1 aromatic rings. The number of halogens is 2. The van der Waals surface area contributed by atoms with Gasteiger partial charge in [0.05, 0.1) is 18.7 Å².